The van der Waals surface area contributed by atoms with Gasteiger partial charge in [-0.25, -0.2) is 0 Å². The molecular formula is C13H25N. The van der Waals surface area contributed by atoms with E-state index in [1.54, 1.807) is 0 Å². The Kier molecular flexibility index (Phi) is 2.88. The average molecular weight is 195 g/mol. The van der Waals surface area contributed by atoms with Gasteiger partial charge in [-0.2, -0.15) is 0 Å². The third-order valence-corrected chi connectivity index (χ3v) is 4.45. The van der Waals surface area contributed by atoms with E-state index in [1.165, 1.54) is 25.8 Å². The van der Waals surface area contributed by atoms with E-state index in [4.69, 9.17) is 0 Å². The molecule has 2 bridgehead atoms. The fourth-order valence-electron chi connectivity index (χ4n) is 3.64. The molecule has 0 aromatic carbocycles. The Balaban J connectivity index is 2.05. The first-order valence-corrected chi connectivity index (χ1v) is 6.35. The van der Waals surface area contributed by atoms with E-state index in [9.17, 15) is 0 Å². The van der Waals surface area contributed by atoms with Crippen LogP contribution in [-0.4, -0.2) is 23.5 Å². The van der Waals surface area contributed by atoms with Gasteiger partial charge in [0.25, 0.3) is 0 Å². The molecule has 3 fully saturated rings. The number of hydrogen-bond acceptors (Lipinski definition) is 1. The van der Waals surface area contributed by atoms with E-state index in [1.807, 2.05) is 0 Å². The second-order valence-electron chi connectivity index (χ2n) is 5.93. The van der Waals surface area contributed by atoms with Crippen LogP contribution in [-0.2, 0) is 0 Å². The van der Waals surface area contributed by atoms with Crippen molar-refractivity contribution in [2.24, 2.45) is 17.8 Å². The van der Waals surface area contributed by atoms with Crippen molar-refractivity contribution >= 4 is 0 Å². The standard InChI is InChI=1S/C13H25N/c1-9(2)13-7-12-6-5-11(13)8-14(12)10(3)4/h9-13H,5-8H2,1-4H3/t11-,12-,13-/m1/s1. The van der Waals surface area contributed by atoms with Crippen LogP contribution in [0.25, 0.3) is 0 Å². The van der Waals surface area contributed by atoms with Gasteiger partial charge in [-0.1, -0.05) is 13.8 Å². The first-order chi connectivity index (χ1) is 6.59. The van der Waals surface area contributed by atoms with Gasteiger partial charge in [-0.15, -0.1) is 0 Å². The zero-order valence-electron chi connectivity index (χ0n) is 10.2. The van der Waals surface area contributed by atoms with Gasteiger partial charge in [0.1, 0.15) is 0 Å². The largest absolute Gasteiger partial charge is 0.298 e. The van der Waals surface area contributed by atoms with Crippen LogP contribution in [0, 0.1) is 17.8 Å². The van der Waals surface area contributed by atoms with Crippen LogP contribution >= 0.6 is 0 Å². The minimum atomic E-state index is 0.760. The first kappa shape index (κ1) is 10.5. The highest BCUT2D eigenvalue weighted by Crippen LogP contribution is 2.43. The first-order valence-electron chi connectivity index (χ1n) is 6.35. The van der Waals surface area contributed by atoms with Gasteiger partial charge in [0.15, 0.2) is 0 Å². The van der Waals surface area contributed by atoms with E-state index < -0.39 is 0 Å². The van der Waals surface area contributed by atoms with Crippen LogP contribution in [0.4, 0.5) is 0 Å². The van der Waals surface area contributed by atoms with Crippen LogP contribution in [0.5, 0.6) is 0 Å². The molecule has 2 saturated heterocycles. The highest BCUT2D eigenvalue weighted by atomic mass is 15.2. The van der Waals surface area contributed by atoms with Crippen molar-refractivity contribution in [1.29, 1.82) is 0 Å². The van der Waals surface area contributed by atoms with Gasteiger partial charge in [0.05, 0.1) is 0 Å². The second kappa shape index (κ2) is 3.84. The van der Waals surface area contributed by atoms with E-state index in [0.29, 0.717) is 0 Å². The van der Waals surface area contributed by atoms with Crippen molar-refractivity contribution in [1.82, 2.24) is 4.90 Å². The van der Waals surface area contributed by atoms with Gasteiger partial charge in [-0.3, -0.25) is 4.90 Å². The van der Waals surface area contributed by atoms with Crippen LogP contribution in [0.3, 0.4) is 0 Å². The van der Waals surface area contributed by atoms with Crippen LogP contribution < -0.4 is 0 Å². The molecule has 1 heteroatoms. The van der Waals surface area contributed by atoms with E-state index in [0.717, 1.165) is 29.8 Å². The van der Waals surface area contributed by atoms with Crippen molar-refractivity contribution in [2.45, 2.75) is 59.0 Å². The van der Waals surface area contributed by atoms with Gasteiger partial charge < -0.3 is 0 Å². The van der Waals surface area contributed by atoms with Crippen molar-refractivity contribution in [2.75, 3.05) is 6.54 Å². The Labute approximate surface area is 88.9 Å². The molecule has 1 saturated carbocycles. The normalized spacial score (nSPS) is 38.6. The fraction of sp³-hybridized carbons (Fsp3) is 1.00. The molecule has 0 aromatic rings. The number of piperidine rings is 2. The van der Waals surface area contributed by atoms with E-state index in [2.05, 4.69) is 32.6 Å². The van der Waals surface area contributed by atoms with Crippen molar-refractivity contribution in [3.63, 3.8) is 0 Å². The molecule has 1 aliphatic carbocycles. The SMILES string of the molecule is CC(C)[C@H]1C[C@H]2CC[C@@H]1CN2C(C)C. The molecule has 0 unspecified atom stereocenters. The summed E-state index contributed by atoms with van der Waals surface area (Å²) in [5, 5.41) is 0. The molecule has 0 radical (unpaired) electrons. The molecule has 3 rings (SSSR count). The van der Waals surface area contributed by atoms with Gasteiger partial charge in [0, 0.05) is 18.6 Å². The Morgan fingerprint density at radius 1 is 1.07 bits per heavy atom. The molecule has 0 N–H and O–H groups in total. The summed E-state index contributed by atoms with van der Waals surface area (Å²) in [5.41, 5.74) is 0. The van der Waals surface area contributed by atoms with Crippen molar-refractivity contribution < 1.29 is 0 Å². The predicted molar refractivity (Wildman–Crippen MR) is 61.3 cm³/mol. The monoisotopic (exact) mass is 195 g/mol. The quantitative estimate of drug-likeness (QED) is 0.654. The molecule has 2 heterocycles. The fourth-order valence-corrected chi connectivity index (χ4v) is 3.64. The number of rotatable bonds is 2. The molecule has 0 amide bonds. The number of hydrogen-bond donors (Lipinski definition) is 0. The Morgan fingerprint density at radius 2 is 1.79 bits per heavy atom. The zero-order chi connectivity index (χ0) is 10.3. The molecule has 3 atom stereocenters. The summed E-state index contributed by atoms with van der Waals surface area (Å²) in [6.45, 7) is 10.9. The lowest BCUT2D eigenvalue weighted by Gasteiger charge is -2.52. The minimum absolute atomic E-state index is 0.760. The second-order valence-corrected chi connectivity index (χ2v) is 5.93. The lowest BCUT2D eigenvalue weighted by atomic mass is 9.67. The summed E-state index contributed by atoms with van der Waals surface area (Å²) in [4.78, 5) is 2.74. The molecule has 82 valence electrons. The van der Waals surface area contributed by atoms with E-state index in [-0.39, 0.29) is 0 Å². The zero-order valence-corrected chi connectivity index (χ0v) is 10.2. The molecule has 0 spiro atoms. The predicted octanol–water partition coefficient (Wildman–Crippen LogP) is 3.15. The lowest BCUT2D eigenvalue weighted by Crippen LogP contribution is -2.55. The Hall–Kier alpha value is -0.0400. The maximum atomic E-state index is 2.74. The van der Waals surface area contributed by atoms with Crippen molar-refractivity contribution in [3.8, 4) is 0 Å². The van der Waals surface area contributed by atoms with Gasteiger partial charge in [0.2, 0.25) is 0 Å². The summed E-state index contributed by atoms with van der Waals surface area (Å²) >= 11 is 0. The van der Waals surface area contributed by atoms with Gasteiger partial charge >= 0.3 is 0 Å². The molecule has 1 nitrogen and oxygen atoms in total. The summed E-state index contributed by atoms with van der Waals surface area (Å²) in [5.74, 6) is 2.92. The van der Waals surface area contributed by atoms with Crippen molar-refractivity contribution in [3.05, 3.63) is 0 Å². The Morgan fingerprint density at radius 3 is 2.21 bits per heavy atom. The smallest absolute Gasteiger partial charge is 0.0101 e. The van der Waals surface area contributed by atoms with E-state index >= 15 is 0 Å². The molecule has 0 aromatic heterocycles. The minimum Gasteiger partial charge on any atom is -0.298 e. The van der Waals surface area contributed by atoms with Crippen LogP contribution in [0.1, 0.15) is 47.0 Å². The third-order valence-electron chi connectivity index (χ3n) is 4.45. The topological polar surface area (TPSA) is 3.24 Å². The molecule has 2 aliphatic heterocycles. The van der Waals surface area contributed by atoms with Crippen LogP contribution in [0.15, 0.2) is 0 Å². The summed E-state index contributed by atoms with van der Waals surface area (Å²) in [7, 11) is 0. The maximum absolute atomic E-state index is 2.74. The molecular weight excluding hydrogens is 170 g/mol. The summed E-state index contributed by atoms with van der Waals surface area (Å²) < 4.78 is 0. The van der Waals surface area contributed by atoms with Gasteiger partial charge in [-0.05, 0) is 50.9 Å². The highest BCUT2D eigenvalue weighted by molar-refractivity contribution is 4.94. The number of nitrogens with zero attached hydrogens (tertiary/aromatic N) is 1. The maximum Gasteiger partial charge on any atom is 0.0101 e. The summed E-state index contributed by atoms with van der Waals surface area (Å²) in [6, 6.07) is 1.67. The number of fused-ring (bicyclic) bond motifs is 3. The molecule has 3 aliphatic rings. The average Bonchev–Trinajstić information content (AvgIpc) is 2.18. The third kappa shape index (κ3) is 1.71. The molecule has 14 heavy (non-hydrogen) atoms. The Bertz CT molecular complexity index is 175. The summed E-state index contributed by atoms with van der Waals surface area (Å²) in [6.07, 6.45) is 4.43. The highest BCUT2D eigenvalue weighted by Gasteiger charge is 2.41. The van der Waals surface area contributed by atoms with Crippen LogP contribution in [0.2, 0.25) is 0 Å². The lowest BCUT2D eigenvalue weighted by molar-refractivity contribution is -0.0287.